The highest BCUT2D eigenvalue weighted by molar-refractivity contribution is 7.99. The average Bonchev–Trinajstić information content (AvgIpc) is 2.63. The molecule has 1 heterocycles. The molecule has 0 bridgehead atoms. The summed E-state index contributed by atoms with van der Waals surface area (Å²) in [5.41, 5.74) is 0.927. The Labute approximate surface area is 95.9 Å². The monoisotopic (exact) mass is 228 g/mol. The van der Waals surface area contributed by atoms with E-state index in [4.69, 9.17) is 0 Å². The molecule has 0 aliphatic rings. The van der Waals surface area contributed by atoms with Crippen molar-refractivity contribution in [2.24, 2.45) is 0 Å². The van der Waals surface area contributed by atoms with Gasteiger partial charge >= 0.3 is 0 Å². The molecule has 1 unspecified atom stereocenters. The van der Waals surface area contributed by atoms with Crippen molar-refractivity contribution < 1.29 is 5.11 Å². The van der Waals surface area contributed by atoms with Gasteiger partial charge in [0.25, 0.3) is 0 Å². The number of hydrogen-bond donors (Lipinski definition) is 1. The summed E-state index contributed by atoms with van der Waals surface area (Å²) in [4.78, 5) is 0. The highest BCUT2D eigenvalue weighted by Gasteiger charge is 2.10. The molecule has 0 amide bonds. The van der Waals surface area contributed by atoms with E-state index in [0.717, 1.165) is 24.3 Å². The van der Waals surface area contributed by atoms with Gasteiger partial charge in [-0.1, -0.05) is 20.8 Å². The van der Waals surface area contributed by atoms with Crippen molar-refractivity contribution in [3.8, 4) is 0 Å². The van der Waals surface area contributed by atoms with Crippen molar-refractivity contribution in [3.05, 3.63) is 18.0 Å². The van der Waals surface area contributed by atoms with Gasteiger partial charge in [0.2, 0.25) is 0 Å². The summed E-state index contributed by atoms with van der Waals surface area (Å²) in [7, 11) is 0. The van der Waals surface area contributed by atoms with Crippen LogP contribution in [0.5, 0.6) is 0 Å². The van der Waals surface area contributed by atoms with Gasteiger partial charge in [-0.05, 0) is 11.7 Å². The van der Waals surface area contributed by atoms with E-state index in [2.05, 4.69) is 25.9 Å². The lowest BCUT2D eigenvalue weighted by atomic mass is 10.2. The second-order valence-corrected chi connectivity index (χ2v) is 5.54. The zero-order chi connectivity index (χ0) is 11.3. The summed E-state index contributed by atoms with van der Waals surface area (Å²) < 4.78 is 1.89. The Balaban J connectivity index is 2.46. The van der Waals surface area contributed by atoms with Gasteiger partial charge in [-0.25, -0.2) is 0 Å². The highest BCUT2D eigenvalue weighted by Crippen LogP contribution is 2.20. The molecule has 1 aromatic rings. The van der Waals surface area contributed by atoms with E-state index in [9.17, 15) is 5.11 Å². The summed E-state index contributed by atoms with van der Waals surface area (Å²) in [6.07, 6.45) is 4.39. The first-order chi connectivity index (χ1) is 7.13. The van der Waals surface area contributed by atoms with Crippen molar-refractivity contribution in [1.29, 1.82) is 0 Å². The first kappa shape index (κ1) is 12.6. The lowest BCUT2D eigenvalue weighted by Crippen LogP contribution is -2.02. The van der Waals surface area contributed by atoms with Gasteiger partial charge in [0.1, 0.15) is 0 Å². The molecule has 86 valence electrons. The number of aryl methyl sites for hydroxylation is 1. The number of hydrogen-bond acceptors (Lipinski definition) is 3. The molecule has 1 atom stereocenters. The molecule has 0 fully saturated rings. The van der Waals surface area contributed by atoms with E-state index >= 15 is 0 Å². The van der Waals surface area contributed by atoms with Crippen LogP contribution in [0.2, 0.25) is 0 Å². The topological polar surface area (TPSA) is 38.0 Å². The van der Waals surface area contributed by atoms with E-state index in [1.54, 1.807) is 18.0 Å². The number of thioether (sulfide) groups is 1. The van der Waals surface area contributed by atoms with Crippen LogP contribution >= 0.6 is 11.8 Å². The molecule has 0 saturated heterocycles. The molecule has 0 aromatic carbocycles. The molecule has 1 rings (SSSR count). The molecular formula is C11H20N2OS. The van der Waals surface area contributed by atoms with Crippen LogP contribution in [0.25, 0.3) is 0 Å². The Kier molecular flexibility index (Phi) is 5.19. The molecule has 4 heteroatoms. The van der Waals surface area contributed by atoms with Crippen LogP contribution in [0.1, 0.15) is 38.9 Å². The van der Waals surface area contributed by atoms with Crippen LogP contribution in [0.4, 0.5) is 0 Å². The fourth-order valence-corrected chi connectivity index (χ4v) is 2.04. The quantitative estimate of drug-likeness (QED) is 0.813. The fraction of sp³-hybridized carbons (Fsp3) is 0.727. The number of aromatic nitrogens is 2. The standard InChI is InChI=1S/C11H20N2OS/c1-4-5-13-7-10(6-12-13)11(14)8-15-9(2)3/h6-7,9,11,14H,4-5,8H2,1-3H3. The van der Waals surface area contributed by atoms with E-state index in [0.29, 0.717) is 5.25 Å². The van der Waals surface area contributed by atoms with Crippen molar-refractivity contribution >= 4 is 11.8 Å². The van der Waals surface area contributed by atoms with Crippen LogP contribution in [0.3, 0.4) is 0 Å². The van der Waals surface area contributed by atoms with E-state index < -0.39 is 0 Å². The van der Waals surface area contributed by atoms with Crippen LogP contribution in [-0.2, 0) is 6.54 Å². The molecule has 15 heavy (non-hydrogen) atoms. The summed E-state index contributed by atoms with van der Waals surface area (Å²) >= 11 is 1.77. The average molecular weight is 228 g/mol. The maximum Gasteiger partial charge on any atom is 0.0910 e. The number of nitrogens with zero attached hydrogens (tertiary/aromatic N) is 2. The highest BCUT2D eigenvalue weighted by atomic mass is 32.2. The predicted molar refractivity (Wildman–Crippen MR) is 65.1 cm³/mol. The summed E-state index contributed by atoms with van der Waals surface area (Å²) in [5.74, 6) is 0.746. The smallest absolute Gasteiger partial charge is 0.0910 e. The molecular weight excluding hydrogens is 208 g/mol. The summed E-state index contributed by atoms with van der Waals surface area (Å²) in [6, 6.07) is 0. The van der Waals surface area contributed by atoms with Crippen LogP contribution < -0.4 is 0 Å². The van der Waals surface area contributed by atoms with E-state index in [-0.39, 0.29) is 6.10 Å². The van der Waals surface area contributed by atoms with Crippen molar-refractivity contribution in [3.63, 3.8) is 0 Å². The summed E-state index contributed by atoms with van der Waals surface area (Å²) in [5, 5.41) is 14.6. The molecule has 0 aliphatic carbocycles. The number of rotatable bonds is 6. The lowest BCUT2D eigenvalue weighted by molar-refractivity contribution is 0.204. The molecule has 1 aromatic heterocycles. The third-order valence-corrected chi connectivity index (χ3v) is 3.25. The third kappa shape index (κ3) is 4.26. The van der Waals surface area contributed by atoms with Crippen LogP contribution in [0, 0.1) is 0 Å². The first-order valence-electron chi connectivity index (χ1n) is 5.45. The van der Waals surface area contributed by atoms with Crippen molar-refractivity contribution in [2.45, 2.75) is 45.1 Å². The second-order valence-electron chi connectivity index (χ2n) is 3.93. The fourth-order valence-electron chi connectivity index (χ4n) is 1.28. The molecule has 1 N–H and O–H groups in total. The number of aliphatic hydroxyl groups excluding tert-OH is 1. The van der Waals surface area contributed by atoms with Gasteiger partial charge in [-0.2, -0.15) is 16.9 Å². The van der Waals surface area contributed by atoms with Gasteiger partial charge < -0.3 is 5.11 Å². The lowest BCUT2D eigenvalue weighted by Gasteiger charge is -2.09. The third-order valence-electron chi connectivity index (χ3n) is 2.08. The van der Waals surface area contributed by atoms with Gasteiger partial charge in [-0.15, -0.1) is 0 Å². The molecule has 0 aliphatic heterocycles. The normalized spacial score (nSPS) is 13.4. The Morgan fingerprint density at radius 2 is 2.27 bits per heavy atom. The van der Waals surface area contributed by atoms with E-state index in [1.807, 2.05) is 10.9 Å². The zero-order valence-electron chi connectivity index (χ0n) is 9.68. The van der Waals surface area contributed by atoms with Gasteiger partial charge in [0, 0.05) is 24.1 Å². The van der Waals surface area contributed by atoms with Crippen molar-refractivity contribution in [1.82, 2.24) is 9.78 Å². The van der Waals surface area contributed by atoms with Gasteiger partial charge in [0.15, 0.2) is 0 Å². The van der Waals surface area contributed by atoms with Crippen molar-refractivity contribution in [2.75, 3.05) is 5.75 Å². The maximum atomic E-state index is 9.88. The minimum atomic E-state index is -0.386. The second kappa shape index (κ2) is 6.18. The molecule has 0 saturated carbocycles. The van der Waals surface area contributed by atoms with Gasteiger partial charge in [0.05, 0.1) is 12.3 Å². The molecule has 0 spiro atoms. The zero-order valence-corrected chi connectivity index (χ0v) is 10.5. The predicted octanol–water partition coefficient (Wildman–Crippen LogP) is 2.47. The van der Waals surface area contributed by atoms with Crippen LogP contribution in [0.15, 0.2) is 12.4 Å². The Hall–Kier alpha value is -0.480. The Morgan fingerprint density at radius 3 is 2.87 bits per heavy atom. The Morgan fingerprint density at radius 1 is 1.53 bits per heavy atom. The minimum absolute atomic E-state index is 0.386. The SMILES string of the molecule is CCCn1cc(C(O)CSC(C)C)cn1. The minimum Gasteiger partial charge on any atom is -0.387 e. The van der Waals surface area contributed by atoms with E-state index in [1.165, 1.54) is 0 Å². The number of aliphatic hydroxyl groups is 1. The molecule has 0 radical (unpaired) electrons. The Bertz CT molecular complexity index is 286. The largest absolute Gasteiger partial charge is 0.387 e. The van der Waals surface area contributed by atoms with Crippen LogP contribution in [-0.4, -0.2) is 25.9 Å². The molecule has 3 nitrogen and oxygen atoms in total. The van der Waals surface area contributed by atoms with Gasteiger partial charge in [-0.3, -0.25) is 4.68 Å². The maximum absolute atomic E-state index is 9.88. The first-order valence-corrected chi connectivity index (χ1v) is 6.50. The summed E-state index contributed by atoms with van der Waals surface area (Å²) in [6.45, 7) is 7.31.